The van der Waals surface area contributed by atoms with Gasteiger partial charge in [-0.1, -0.05) is 11.8 Å². The second-order valence-corrected chi connectivity index (χ2v) is 8.40. The van der Waals surface area contributed by atoms with Gasteiger partial charge in [0.15, 0.2) is 0 Å². The molecule has 2 saturated heterocycles. The fourth-order valence-electron chi connectivity index (χ4n) is 3.50. The average Bonchev–Trinajstić information content (AvgIpc) is 3.21. The molecule has 0 radical (unpaired) electrons. The first-order valence-electron chi connectivity index (χ1n) is 9.54. The predicted octanol–water partition coefficient (Wildman–Crippen LogP) is 2.76. The molecule has 3 heterocycles. The van der Waals surface area contributed by atoms with E-state index in [0.29, 0.717) is 23.1 Å². The van der Waals surface area contributed by atoms with Gasteiger partial charge in [-0.2, -0.15) is 0 Å². The van der Waals surface area contributed by atoms with Crippen molar-refractivity contribution < 1.29 is 9.59 Å². The van der Waals surface area contributed by atoms with Crippen LogP contribution in [-0.2, 0) is 4.79 Å². The number of piperidine rings is 1. The lowest BCUT2D eigenvalue weighted by atomic mass is 10.00. The molecule has 2 fully saturated rings. The summed E-state index contributed by atoms with van der Waals surface area (Å²) in [7, 11) is 0. The lowest BCUT2D eigenvalue weighted by Crippen LogP contribution is -2.38. The maximum atomic E-state index is 12.6. The van der Waals surface area contributed by atoms with Crippen molar-refractivity contribution in [2.75, 3.05) is 32.7 Å². The first-order chi connectivity index (χ1) is 12.6. The minimum Gasteiger partial charge on any atom is -0.352 e. The number of hydrogen-bond acceptors (Lipinski definition) is 5. The number of rotatable bonds is 6. The first-order valence-corrected chi connectivity index (χ1v) is 10.4. The Labute approximate surface area is 183 Å². The number of likely N-dealkylation sites (tertiary alicyclic amines) is 1. The van der Waals surface area contributed by atoms with E-state index in [9.17, 15) is 9.59 Å². The summed E-state index contributed by atoms with van der Waals surface area (Å²) in [4.78, 5) is 31.4. The topological polar surface area (TPSA) is 74.3 Å². The summed E-state index contributed by atoms with van der Waals surface area (Å²) < 4.78 is 0. The Morgan fingerprint density at radius 1 is 1.32 bits per heavy atom. The van der Waals surface area contributed by atoms with Gasteiger partial charge in [0.05, 0.1) is 10.8 Å². The van der Waals surface area contributed by atoms with Crippen molar-refractivity contribution in [1.29, 1.82) is 0 Å². The van der Waals surface area contributed by atoms with Crippen LogP contribution in [0.2, 0.25) is 0 Å². The smallest absolute Gasteiger partial charge is 0.254 e. The minimum absolute atomic E-state index is 0. The van der Waals surface area contributed by atoms with Gasteiger partial charge in [-0.15, -0.1) is 24.8 Å². The van der Waals surface area contributed by atoms with Gasteiger partial charge in [0, 0.05) is 25.8 Å². The first kappa shape index (κ1) is 25.0. The van der Waals surface area contributed by atoms with Crippen LogP contribution in [0.5, 0.6) is 0 Å². The SMILES string of the molecule is CC(Sc1ncccc1C(=O)NCC1CCCNC1)C(=O)N1CCCC1.Cl.Cl. The van der Waals surface area contributed by atoms with E-state index < -0.39 is 0 Å². The quantitative estimate of drug-likeness (QED) is 0.654. The molecule has 3 rings (SSSR count). The molecular weight excluding hydrogens is 419 g/mol. The summed E-state index contributed by atoms with van der Waals surface area (Å²) in [6.07, 6.45) is 6.14. The fourth-order valence-corrected chi connectivity index (χ4v) is 4.49. The predicted molar refractivity (Wildman–Crippen MR) is 118 cm³/mol. The van der Waals surface area contributed by atoms with Gasteiger partial charge in [-0.05, 0) is 63.7 Å². The van der Waals surface area contributed by atoms with Gasteiger partial charge in [0.25, 0.3) is 5.91 Å². The van der Waals surface area contributed by atoms with Gasteiger partial charge in [0.2, 0.25) is 5.91 Å². The van der Waals surface area contributed by atoms with Crippen molar-refractivity contribution in [3.8, 4) is 0 Å². The maximum absolute atomic E-state index is 12.6. The highest BCUT2D eigenvalue weighted by molar-refractivity contribution is 8.00. The summed E-state index contributed by atoms with van der Waals surface area (Å²) in [6, 6.07) is 3.56. The number of pyridine rings is 1. The molecule has 2 aliphatic rings. The van der Waals surface area contributed by atoms with E-state index in [0.717, 1.165) is 51.9 Å². The fraction of sp³-hybridized carbons (Fsp3) is 0.632. The molecule has 28 heavy (non-hydrogen) atoms. The molecule has 6 nitrogen and oxygen atoms in total. The molecule has 0 aromatic carbocycles. The average molecular weight is 449 g/mol. The van der Waals surface area contributed by atoms with Crippen LogP contribution >= 0.6 is 36.6 Å². The summed E-state index contributed by atoms with van der Waals surface area (Å²) in [6.45, 7) is 6.28. The monoisotopic (exact) mass is 448 g/mol. The Balaban J connectivity index is 0.00000196. The molecule has 2 aliphatic heterocycles. The van der Waals surface area contributed by atoms with Crippen molar-refractivity contribution in [1.82, 2.24) is 20.5 Å². The van der Waals surface area contributed by atoms with Crippen LogP contribution < -0.4 is 10.6 Å². The Morgan fingerprint density at radius 3 is 2.75 bits per heavy atom. The number of hydrogen-bond donors (Lipinski definition) is 2. The highest BCUT2D eigenvalue weighted by Crippen LogP contribution is 2.27. The summed E-state index contributed by atoms with van der Waals surface area (Å²) in [5.74, 6) is 0.515. The highest BCUT2D eigenvalue weighted by atomic mass is 35.5. The molecule has 0 aliphatic carbocycles. The molecule has 2 N–H and O–H groups in total. The third-order valence-electron chi connectivity index (χ3n) is 5.02. The highest BCUT2D eigenvalue weighted by Gasteiger charge is 2.26. The number of carbonyl (C=O) groups excluding carboxylic acids is 2. The van der Waals surface area contributed by atoms with Crippen molar-refractivity contribution in [2.45, 2.75) is 42.9 Å². The number of nitrogens with one attached hydrogen (secondary N) is 2. The number of halogens is 2. The van der Waals surface area contributed by atoms with Crippen LogP contribution in [0.4, 0.5) is 0 Å². The van der Waals surface area contributed by atoms with Crippen molar-refractivity contribution in [2.24, 2.45) is 5.92 Å². The molecule has 9 heteroatoms. The van der Waals surface area contributed by atoms with Crippen LogP contribution in [0, 0.1) is 5.92 Å². The third-order valence-corrected chi connectivity index (χ3v) is 6.12. The lowest BCUT2D eigenvalue weighted by Gasteiger charge is -2.23. The number of amides is 2. The summed E-state index contributed by atoms with van der Waals surface area (Å²) in [5, 5.41) is 6.80. The lowest BCUT2D eigenvalue weighted by molar-refractivity contribution is -0.129. The second-order valence-electron chi connectivity index (χ2n) is 7.07. The Bertz CT molecular complexity index is 638. The molecule has 2 unspecified atom stereocenters. The number of nitrogens with zero attached hydrogens (tertiary/aromatic N) is 2. The van der Waals surface area contributed by atoms with Gasteiger partial charge in [0.1, 0.15) is 5.03 Å². The largest absolute Gasteiger partial charge is 0.352 e. The second kappa shape index (κ2) is 12.5. The normalized spacial score (nSPS) is 19.9. The minimum atomic E-state index is -0.239. The van der Waals surface area contributed by atoms with E-state index in [1.54, 1.807) is 18.3 Å². The van der Waals surface area contributed by atoms with Crippen molar-refractivity contribution in [3.63, 3.8) is 0 Å². The van der Waals surface area contributed by atoms with Crippen molar-refractivity contribution >= 4 is 48.4 Å². The van der Waals surface area contributed by atoms with Gasteiger partial charge in [-0.3, -0.25) is 9.59 Å². The van der Waals surface area contributed by atoms with Gasteiger partial charge < -0.3 is 15.5 Å². The molecule has 0 bridgehead atoms. The molecular formula is C19H30Cl2N4O2S. The van der Waals surface area contributed by atoms with E-state index in [1.807, 2.05) is 11.8 Å². The molecule has 158 valence electrons. The van der Waals surface area contributed by atoms with Crippen LogP contribution in [0.15, 0.2) is 23.4 Å². The zero-order valence-corrected chi connectivity index (χ0v) is 18.6. The summed E-state index contributed by atoms with van der Waals surface area (Å²) in [5.41, 5.74) is 0.558. The molecule has 0 saturated carbocycles. The van der Waals surface area contributed by atoms with Crippen LogP contribution in [-0.4, -0.2) is 59.7 Å². The van der Waals surface area contributed by atoms with E-state index in [1.165, 1.54) is 11.8 Å². The standard InChI is InChI=1S/C19H28N4O2S.2ClH/c1-14(19(25)23-10-2-3-11-23)26-18-16(7-5-9-21-18)17(24)22-13-15-6-4-8-20-12-15;;/h5,7,9,14-15,20H,2-4,6,8,10-13H2,1H3,(H,22,24);2*1H. The van der Waals surface area contributed by atoms with Crippen LogP contribution in [0.1, 0.15) is 43.0 Å². The molecule has 2 amide bonds. The van der Waals surface area contributed by atoms with E-state index in [-0.39, 0.29) is 41.9 Å². The third kappa shape index (κ3) is 6.79. The van der Waals surface area contributed by atoms with Crippen molar-refractivity contribution in [3.05, 3.63) is 23.9 Å². The zero-order chi connectivity index (χ0) is 18.4. The Morgan fingerprint density at radius 2 is 2.07 bits per heavy atom. The Kier molecular flexibility index (Phi) is 11.2. The van der Waals surface area contributed by atoms with Crippen LogP contribution in [0.3, 0.4) is 0 Å². The zero-order valence-electron chi connectivity index (χ0n) is 16.2. The maximum Gasteiger partial charge on any atom is 0.254 e. The van der Waals surface area contributed by atoms with Gasteiger partial charge >= 0.3 is 0 Å². The molecule has 0 spiro atoms. The number of carbonyl (C=O) groups is 2. The molecule has 2 atom stereocenters. The Hall–Kier alpha value is -1.02. The van der Waals surface area contributed by atoms with E-state index >= 15 is 0 Å². The number of aromatic nitrogens is 1. The number of thioether (sulfide) groups is 1. The van der Waals surface area contributed by atoms with E-state index in [2.05, 4.69) is 15.6 Å². The van der Waals surface area contributed by atoms with Gasteiger partial charge in [-0.25, -0.2) is 4.98 Å². The van der Waals surface area contributed by atoms with Crippen LogP contribution in [0.25, 0.3) is 0 Å². The summed E-state index contributed by atoms with van der Waals surface area (Å²) >= 11 is 1.38. The van der Waals surface area contributed by atoms with E-state index in [4.69, 9.17) is 0 Å². The molecule has 1 aromatic heterocycles. The molecule has 1 aromatic rings.